The van der Waals surface area contributed by atoms with Gasteiger partial charge in [-0.15, -0.1) is 0 Å². The Morgan fingerprint density at radius 2 is 1.52 bits per heavy atom. The van der Waals surface area contributed by atoms with Crippen LogP contribution in [0, 0.1) is 0 Å². The molecule has 0 radical (unpaired) electrons. The molecule has 0 unspecified atom stereocenters. The van der Waals surface area contributed by atoms with Crippen LogP contribution in [0.4, 0.5) is 11.4 Å². The first kappa shape index (κ1) is 16.4. The Bertz CT molecular complexity index is 862. The minimum absolute atomic E-state index is 0.105. The fraction of sp³-hybridized carbons (Fsp3) is 0.0500. The summed E-state index contributed by atoms with van der Waals surface area (Å²) in [5.41, 5.74) is 2.73. The third-order valence-electron chi connectivity index (χ3n) is 3.72. The molecule has 0 saturated carbocycles. The molecular formula is C20H18N2O3. The van der Waals surface area contributed by atoms with Crippen molar-refractivity contribution < 1.29 is 15.0 Å². The molecule has 0 bridgehead atoms. The van der Waals surface area contributed by atoms with Crippen molar-refractivity contribution in [2.45, 2.75) is 6.54 Å². The molecule has 4 N–H and O–H groups in total. The van der Waals surface area contributed by atoms with Crippen molar-refractivity contribution >= 4 is 17.3 Å². The van der Waals surface area contributed by atoms with E-state index in [1.54, 1.807) is 24.3 Å². The molecule has 0 saturated heterocycles. The summed E-state index contributed by atoms with van der Waals surface area (Å²) in [5.74, 6) is 0.0663. The first-order chi connectivity index (χ1) is 12.1. The molecule has 126 valence electrons. The van der Waals surface area contributed by atoms with Gasteiger partial charge >= 0.3 is 0 Å². The normalized spacial score (nSPS) is 10.2. The lowest BCUT2D eigenvalue weighted by Gasteiger charge is -2.10. The molecule has 0 spiro atoms. The molecule has 0 heterocycles. The van der Waals surface area contributed by atoms with E-state index in [1.807, 2.05) is 30.3 Å². The lowest BCUT2D eigenvalue weighted by Crippen LogP contribution is -2.11. The largest absolute Gasteiger partial charge is 0.508 e. The number of hydrogen-bond donors (Lipinski definition) is 4. The maximum Gasteiger partial charge on any atom is 0.255 e. The Morgan fingerprint density at radius 3 is 2.24 bits per heavy atom. The molecule has 3 aromatic rings. The number of phenolic OH excluding ortho intramolecular Hbond substituents is 2. The second-order valence-electron chi connectivity index (χ2n) is 5.56. The minimum atomic E-state index is -0.161. The lowest BCUT2D eigenvalue weighted by atomic mass is 10.2. The molecular weight excluding hydrogens is 316 g/mol. The zero-order chi connectivity index (χ0) is 17.6. The number of nitrogens with one attached hydrogen (secondary N) is 2. The number of carbonyl (C=O) groups excluding carboxylic acids is 1. The van der Waals surface area contributed by atoms with Crippen LogP contribution < -0.4 is 10.6 Å². The van der Waals surface area contributed by atoms with Crippen molar-refractivity contribution in [3.63, 3.8) is 0 Å². The highest BCUT2D eigenvalue weighted by Crippen LogP contribution is 2.23. The van der Waals surface area contributed by atoms with E-state index in [0.29, 0.717) is 23.4 Å². The Kier molecular flexibility index (Phi) is 4.85. The topological polar surface area (TPSA) is 81.6 Å². The van der Waals surface area contributed by atoms with Gasteiger partial charge in [-0.2, -0.15) is 0 Å². The molecule has 25 heavy (non-hydrogen) atoms. The van der Waals surface area contributed by atoms with E-state index in [-0.39, 0.29) is 17.4 Å². The average molecular weight is 334 g/mol. The summed E-state index contributed by atoms with van der Waals surface area (Å²) in [7, 11) is 0. The summed E-state index contributed by atoms with van der Waals surface area (Å²) in [6.07, 6.45) is 0. The zero-order valence-corrected chi connectivity index (χ0v) is 13.4. The number of benzene rings is 3. The van der Waals surface area contributed by atoms with Crippen molar-refractivity contribution in [1.82, 2.24) is 0 Å². The van der Waals surface area contributed by atoms with Gasteiger partial charge < -0.3 is 20.8 Å². The molecule has 0 aliphatic carbocycles. The molecule has 3 rings (SSSR count). The molecule has 5 heteroatoms. The number of carbonyl (C=O) groups is 1. The van der Waals surface area contributed by atoms with Crippen LogP contribution in [-0.4, -0.2) is 16.1 Å². The van der Waals surface area contributed by atoms with E-state index >= 15 is 0 Å². The fourth-order valence-corrected chi connectivity index (χ4v) is 2.37. The van der Waals surface area contributed by atoms with E-state index in [1.165, 1.54) is 18.2 Å². The van der Waals surface area contributed by atoms with Crippen molar-refractivity contribution in [1.29, 1.82) is 0 Å². The standard InChI is InChI=1S/C20H18N2O3/c23-18-10-11-19(24)15(12-18)13-21-16-6-8-17(9-7-16)22-20(25)14-4-2-1-3-5-14/h1-12,21,23-24H,13H2,(H,22,25). The van der Waals surface area contributed by atoms with Crippen LogP contribution in [0.25, 0.3) is 0 Å². The van der Waals surface area contributed by atoms with E-state index in [4.69, 9.17) is 0 Å². The fourth-order valence-electron chi connectivity index (χ4n) is 2.37. The van der Waals surface area contributed by atoms with Crippen molar-refractivity contribution in [2.75, 3.05) is 10.6 Å². The smallest absolute Gasteiger partial charge is 0.255 e. The molecule has 0 aliphatic heterocycles. The van der Waals surface area contributed by atoms with Gasteiger partial charge in [0, 0.05) is 29.0 Å². The Hall–Kier alpha value is -3.47. The third-order valence-corrected chi connectivity index (χ3v) is 3.72. The van der Waals surface area contributed by atoms with Crippen LogP contribution in [0.1, 0.15) is 15.9 Å². The van der Waals surface area contributed by atoms with Crippen LogP contribution in [0.5, 0.6) is 11.5 Å². The first-order valence-electron chi connectivity index (χ1n) is 7.83. The highest BCUT2D eigenvalue weighted by atomic mass is 16.3. The molecule has 1 amide bonds. The minimum Gasteiger partial charge on any atom is -0.508 e. The van der Waals surface area contributed by atoms with E-state index in [2.05, 4.69) is 10.6 Å². The number of rotatable bonds is 5. The molecule has 0 atom stereocenters. The SMILES string of the molecule is O=C(Nc1ccc(NCc2cc(O)ccc2O)cc1)c1ccccc1. The van der Waals surface area contributed by atoms with E-state index in [9.17, 15) is 15.0 Å². The van der Waals surface area contributed by atoms with Gasteiger partial charge in [-0.25, -0.2) is 0 Å². The highest BCUT2D eigenvalue weighted by molar-refractivity contribution is 6.04. The highest BCUT2D eigenvalue weighted by Gasteiger charge is 2.05. The summed E-state index contributed by atoms with van der Waals surface area (Å²) in [4.78, 5) is 12.1. The van der Waals surface area contributed by atoms with Gasteiger partial charge in [0.25, 0.3) is 5.91 Å². The maximum absolute atomic E-state index is 12.1. The molecule has 0 aromatic heterocycles. The summed E-state index contributed by atoms with van der Waals surface area (Å²) in [5, 5.41) is 25.2. The summed E-state index contributed by atoms with van der Waals surface area (Å²) in [6, 6.07) is 20.7. The molecule has 0 fully saturated rings. The predicted octanol–water partition coefficient (Wildman–Crippen LogP) is 3.96. The van der Waals surface area contributed by atoms with Crippen LogP contribution in [-0.2, 0) is 6.54 Å². The van der Waals surface area contributed by atoms with Gasteiger partial charge in [0.2, 0.25) is 0 Å². The van der Waals surface area contributed by atoms with Gasteiger partial charge in [-0.1, -0.05) is 18.2 Å². The maximum atomic E-state index is 12.1. The number of amides is 1. The van der Waals surface area contributed by atoms with Crippen molar-refractivity contribution in [3.8, 4) is 11.5 Å². The third kappa shape index (κ3) is 4.29. The number of anilines is 2. The monoisotopic (exact) mass is 334 g/mol. The summed E-state index contributed by atoms with van der Waals surface area (Å²) >= 11 is 0. The number of hydrogen-bond acceptors (Lipinski definition) is 4. The summed E-state index contributed by atoms with van der Waals surface area (Å²) in [6.45, 7) is 0.371. The second kappa shape index (κ2) is 7.40. The van der Waals surface area contributed by atoms with E-state index in [0.717, 1.165) is 5.69 Å². The van der Waals surface area contributed by atoms with Gasteiger partial charge in [0.1, 0.15) is 11.5 Å². The number of phenols is 2. The van der Waals surface area contributed by atoms with Gasteiger partial charge in [-0.3, -0.25) is 4.79 Å². The van der Waals surface area contributed by atoms with E-state index < -0.39 is 0 Å². The van der Waals surface area contributed by atoms with Crippen molar-refractivity contribution in [3.05, 3.63) is 83.9 Å². The van der Waals surface area contributed by atoms with Crippen LogP contribution in [0.15, 0.2) is 72.8 Å². The Balaban J connectivity index is 1.60. The van der Waals surface area contributed by atoms with Gasteiger partial charge in [0.15, 0.2) is 0 Å². The average Bonchev–Trinajstić information content (AvgIpc) is 2.64. The summed E-state index contributed by atoms with van der Waals surface area (Å²) < 4.78 is 0. The predicted molar refractivity (Wildman–Crippen MR) is 97.9 cm³/mol. The molecule has 3 aromatic carbocycles. The second-order valence-corrected chi connectivity index (χ2v) is 5.56. The Morgan fingerprint density at radius 1 is 0.840 bits per heavy atom. The van der Waals surface area contributed by atoms with Crippen LogP contribution in [0.2, 0.25) is 0 Å². The van der Waals surface area contributed by atoms with Crippen LogP contribution in [0.3, 0.4) is 0 Å². The molecule has 5 nitrogen and oxygen atoms in total. The molecule has 0 aliphatic rings. The van der Waals surface area contributed by atoms with Crippen LogP contribution >= 0.6 is 0 Å². The Labute approximate surface area is 145 Å². The number of aromatic hydroxyl groups is 2. The first-order valence-corrected chi connectivity index (χ1v) is 7.83. The zero-order valence-electron chi connectivity index (χ0n) is 13.4. The van der Waals surface area contributed by atoms with Gasteiger partial charge in [-0.05, 0) is 54.6 Å². The van der Waals surface area contributed by atoms with Gasteiger partial charge in [0.05, 0.1) is 0 Å². The quantitative estimate of drug-likeness (QED) is 0.532. The van der Waals surface area contributed by atoms with Crippen molar-refractivity contribution in [2.24, 2.45) is 0 Å². The lowest BCUT2D eigenvalue weighted by molar-refractivity contribution is 0.102.